The molecular formula is C18H24ClN5O2. The van der Waals surface area contributed by atoms with E-state index in [1.54, 1.807) is 12.1 Å². The molecule has 2 aromatic heterocycles. The van der Waals surface area contributed by atoms with E-state index in [1.165, 1.54) is 7.11 Å². The number of methoxy groups -OCH3 is 1. The predicted octanol–water partition coefficient (Wildman–Crippen LogP) is 3.42. The van der Waals surface area contributed by atoms with Crippen molar-refractivity contribution in [2.45, 2.75) is 46.2 Å². The second-order valence-corrected chi connectivity index (χ2v) is 7.34. The van der Waals surface area contributed by atoms with Crippen molar-refractivity contribution >= 4 is 23.4 Å². The predicted molar refractivity (Wildman–Crippen MR) is 99.5 cm³/mol. The second kappa shape index (κ2) is 7.61. The maximum atomic E-state index is 11.5. The Bertz CT molecular complexity index is 788. The van der Waals surface area contributed by atoms with Gasteiger partial charge in [-0.1, -0.05) is 25.4 Å². The van der Waals surface area contributed by atoms with Gasteiger partial charge >= 0.3 is 5.97 Å². The first-order chi connectivity index (χ1) is 12.4. The first kappa shape index (κ1) is 18.6. The summed E-state index contributed by atoms with van der Waals surface area (Å²) >= 11 is 6.67. The second-order valence-electron chi connectivity index (χ2n) is 6.99. The molecule has 3 rings (SSSR count). The number of aromatic nitrogens is 4. The van der Waals surface area contributed by atoms with Gasteiger partial charge in [-0.3, -0.25) is 4.68 Å². The van der Waals surface area contributed by atoms with Gasteiger partial charge in [0, 0.05) is 18.7 Å². The lowest BCUT2D eigenvalue weighted by Gasteiger charge is -2.25. The highest BCUT2D eigenvalue weighted by Gasteiger charge is 2.32. The smallest absolute Gasteiger partial charge is 0.358 e. The first-order valence-corrected chi connectivity index (χ1v) is 9.21. The van der Waals surface area contributed by atoms with E-state index in [4.69, 9.17) is 11.6 Å². The van der Waals surface area contributed by atoms with Crippen LogP contribution in [0.15, 0.2) is 12.1 Å². The molecule has 1 atom stereocenters. The minimum atomic E-state index is -0.490. The molecule has 0 amide bonds. The molecule has 3 heterocycles. The molecule has 0 radical (unpaired) electrons. The number of anilines is 1. The van der Waals surface area contributed by atoms with Crippen LogP contribution in [0.25, 0.3) is 0 Å². The lowest BCUT2D eigenvalue weighted by molar-refractivity contribution is 0.0592. The molecule has 8 heteroatoms. The van der Waals surface area contributed by atoms with Crippen molar-refractivity contribution in [1.29, 1.82) is 0 Å². The van der Waals surface area contributed by atoms with Crippen molar-refractivity contribution in [3.05, 3.63) is 34.2 Å². The van der Waals surface area contributed by atoms with Crippen LogP contribution in [0.3, 0.4) is 0 Å². The number of hydrogen-bond donors (Lipinski definition) is 0. The molecular weight excluding hydrogens is 354 g/mol. The Hall–Kier alpha value is -2.15. The molecule has 0 saturated carbocycles. The molecule has 1 aliphatic heterocycles. The van der Waals surface area contributed by atoms with E-state index in [9.17, 15) is 4.79 Å². The van der Waals surface area contributed by atoms with Crippen LogP contribution in [0.5, 0.6) is 0 Å². The third-order valence-electron chi connectivity index (χ3n) is 4.57. The van der Waals surface area contributed by atoms with Gasteiger partial charge in [-0.25, -0.2) is 4.79 Å². The summed E-state index contributed by atoms with van der Waals surface area (Å²) in [5.74, 6) is 0.708. The maximum absolute atomic E-state index is 11.5. The number of carbonyl (C=O) groups excluding carboxylic acids is 1. The minimum absolute atomic E-state index is 0.113. The van der Waals surface area contributed by atoms with Gasteiger partial charge in [0.15, 0.2) is 11.5 Å². The quantitative estimate of drug-likeness (QED) is 0.743. The van der Waals surface area contributed by atoms with Crippen molar-refractivity contribution in [3.8, 4) is 0 Å². The number of carbonyl (C=O) groups is 1. The third kappa shape index (κ3) is 3.53. The lowest BCUT2D eigenvalue weighted by Crippen LogP contribution is -2.24. The summed E-state index contributed by atoms with van der Waals surface area (Å²) in [5, 5.41) is 13.5. The van der Waals surface area contributed by atoms with Gasteiger partial charge in [0.25, 0.3) is 0 Å². The van der Waals surface area contributed by atoms with E-state index < -0.39 is 5.97 Å². The first-order valence-electron chi connectivity index (χ1n) is 8.83. The Balaban J connectivity index is 1.89. The van der Waals surface area contributed by atoms with Crippen molar-refractivity contribution in [3.63, 3.8) is 0 Å². The number of esters is 1. The van der Waals surface area contributed by atoms with Crippen molar-refractivity contribution in [1.82, 2.24) is 20.0 Å². The Kier molecular flexibility index (Phi) is 5.46. The molecule has 0 aromatic carbocycles. The fraction of sp³-hybridized carbons (Fsp3) is 0.556. The minimum Gasteiger partial charge on any atom is -0.464 e. The summed E-state index contributed by atoms with van der Waals surface area (Å²) in [6.45, 7) is 7.95. The fourth-order valence-electron chi connectivity index (χ4n) is 3.45. The molecule has 2 aromatic rings. The molecule has 0 N–H and O–H groups in total. The van der Waals surface area contributed by atoms with Crippen LogP contribution in [0.4, 0.5) is 5.82 Å². The van der Waals surface area contributed by atoms with E-state index in [1.807, 2.05) is 11.6 Å². The van der Waals surface area contributed by atoms with Crippen molar-refractivity contribution in [2.75, 3.05) is 18.6 Å². The van der Waals surface area contributed by atoms with Gasteiger partial charge < -0.3 is 9.64 Å². The maximum Gasteiger partial charge on any atom is 0.358 e. The monoisotopic (exact) mass is 377 g/mol. The van der Waals surface area contributed by atoms with Crippen LogP contribution in [0.2, 0.25) is 5.15 Å². The summed E-state index contributed by atoms with van der Waals surface area (Å²) < 4.78 is 6.56. The third-order valence-corrected chi connectivity index (χ3v) is 4.97. The molecule has 26 heavy (non-hydrogen) atoms. The average molecular weight is 378 g/mol. The van der Waals surface area contributed by atoms with Gasteiger partial charge in [0.1, 0.15) is 5.15 Å². The molecule has 1 fully saturated rings. The van der Waals surface area contributed by atoms with E-state index in [0.717, 1.165) is 43.0 Å². The largest absolute Gasteiger partial charge is 0.464 e. The van der Waals surface area contributed by atoms with Gasteiger partial charge in [-0.05, 0) is 37.8 Å². The highest BCUT2D eigenvalue weighted by atomic mass is 35.5. The number of ether oxygens (including phenoxy) is 1. The molecule has 0 aliphatic carbocycles. The van der Waals surface area contributed by atoms with E-state index in [2.05, 4.69) is 38.8 Å². The molecule has 1 unspecified atom stereocenters. The molecule has 0 bridgehead atoms. The lowest BCUT2D eigenvalue weighted by atomic mass is 10.1. The summed E-state index contributed by atoms with van der Waals surface area (Å²) in [5.41, 5.74) is 2.21. The zero-order valence-corrected chi connectivity index (χ0v) is 16.3. The van der Waals surface area contributed by atoms with E-state index >= 15 is 0 Å². The van der Waals surface area contributed by atoms with Gasteiger partial charge in [-0.15, -0.1) is 10.2 Å². The van der Waals surface area contributed by atoms with Crippen LogP contribution in [0, 0.1) is 12.8 Å². The SMILES string of the molecule is COC(=O)c1ccc(N2CCCC2c2c(C)nn(CC(C)C)c2Cl)nn1. The average Bonchev–Trinajstić information content (AvgIpc) is 3.18. The van der Waals surface area contributed by atoms with Crippen LogP contribution >= 0.6 is 11.6 Å². The van der Waals surface area contributed by atoms with Crippen LogP contribution in [-0.2, 0) is 11.3 Å². The normalized spacial score (nSPS) is 17.2. The summed E-state index contributed by atoms with van der Waals surface area (Å²) in [6, 6.07) is 3.56. The number of rotatable bonds is 5. The number of nitrogens with zero attached hydrogens (tertiary/aromatic N) is 5. The van der Waals surface area contributed by atoms with Crippen LogP contribution < -0.4 is 4.90 Å². The standard InChI is InChI=1S/C18H24ClN5O2/c1-11(2)10-24-17(19)16(12(3)22-24)14-6-5-9-23(14)15-8-7-13(20-21-15)18(25)26-4/h7-8,11,14H,5-6,9-10H2,1-4H3. The number of hydrogen-bond acceptors (Lipinski definition) is 6. The molecule has 1 saturated heterocycles. The number of halogens is 1. The van der Waals surface area contributed by atoms with Crippen LogP contribution in [0.1, 0.15) is 54.5 Å². The summed E-state index contributed by atoms with van der Waals surface area (Å²) in [6.07, 6.45) is 2.02. The van der Waals surface area contributed by atoms with Gasteiger partial charge in [-0.2, -0.15) is 5.10 Å². The van der Waals surface area contributed by atoms with Crippen molar-refractivity contribution < 1.29 is 9.53 Å². The molecule has 1 aliphatic rings. The van der Waals surface area contributed by atoms with Crippen molar-refractivity contribution in [2.24, 2.45) is 5.92 Å². The topological polar surface area (TPSA) is 73.1 Å². The fourth-order valence-corrected chi connectivity index (χ4v) is 3.81. The van der Waals surface area contributed by atoms with Crippen LogP contribution in [-0.4, -0.2) is 39.6 Å². The highest BCUT2D eigenvalue weighted by molar-refractivity contribution is 6.30. The Morgan fingerprint density at radius 1 is 1.38 bits per heavy atom. The zero-order chi connectivity index (χ0) is 18.8. The summed E-state index contributed by atoms with van der Waals surface area (Å²) in [7, 11) is 1.33. The Labute approximate surface area is 158 Å². The van der Waals surface area contributed by atoms with E-state index in [-0.39, 0.29) is 11.7 Å². The number of aryl methyl sites for hydroxylation is 1. The summed E-state index contributed by atoms with van der Waals surface area (Å²) in [4.78, 5) is 13.7. The Morgan fingerprint density at radius 2 is 2.15 bits per heavy atom. The molecule has 0 spiro atoms. The molecule has 140 valence electrons. The van der Waals surface area contributed by atoms with E-state index in [0.29, 0.717) is 11.1 Å². The zero-order valence-electron chi connectivity index (χ0n) is 15.6. The molecule has 7 nitrogen and oxygen atoms in total. The van der Waals surface area contributed by atoms with Gasteiger partial charge in [0.2, 0.25) is 0 Å². The highest BCUT2D eigenvalue weighted by Crippen LogP contribution is 2.39. The van der Waals surface area contributed by atoms with Gasteiger partial charge in [0.05, 0.1) is 18.8 Å². The Morgan fingerprint density at radius 3 is 2.77 bits per heavy atom.